The van der Waals surface area contributed by atoms with Crippen LogP contribution in [0, 0.1) is 5.92 Å². The van der Waals surface area contributed by atoms with Crippen LogP contribution in [0.3, 0.4) is 0 Å². The average molecular weight is 264 g/mol. The molecule has 2 heterocycles. The van der Waals surface area contributed by atoms with Gasteiger partial charge in [0, 0.05) is 35.3 Å². The van der Waals surface area contributed by atoms with E-state index in [0.29, 0.717) is 5.92 Å². The highest BCUT2D eigenvalue weighted by molar-refractivity contribution is 5.94. The van der Waals surface area contributed by atoms with Crippen LogP contribution in [0.15, 0.2) is 66.2 Å². The Hall–Kier alpha value is -2.22. The van der Waals surface area contributed by atoms with Crippen LogP contribution in [0.4, 0.5) is 5.69 Å². The van der Waals surface area contributed by atoms with E-state index < -0.39 is 0 Å². The zero-order valence-electron chi connectivity index (χ0n) is 12.3. The Kier molecular flexibility index (Phi) is 2.82. The van der Waals surface area contributed by atoms with Gasteiger partial charge in [-0.3, -0.25) is 0 Å². The fourth-order valence-electron chi connectivity index (χ4n) is 2.84. The van der Waals surface area contributed by atoms with Crippen LogP contribution in [0.1, 0.15) is 19.4 Å². The molecule has 0 saturated carbocycles. The number of allylic oxidation sites excluding steroid dienone is 3. The van der Waals surface area contributed by atoms with Crippen LogP contribution in [0.2, 0.25) is 0 Å². The first-order valence-corrected chi connectivity index (χ1v) is 6.95. The summed E-state index contributed by atoms with van der Waals surface area (Å²) < 4.78 is 0. The lowest BCUT2D eigenvalue weighted by atomic mass is 9.87. The molecule has 0 radical (unpaired) electrons. The molecule has 0 unspecified atom stereocenters. The molecule has 2 nitrogen and oxygen atoms in total. The summed E-state index contributed by atoms with van der Waals surface area (Å²) in [5, 5.41) is 3.42. The molecule has 102 valence electrons. The van der Waals surface area contributed by atoms with Crippen molar-refractivity contribution < 1.29 is 0 Å². The molecule has 0 aromatic heterocycles. The average Bonchev–Trinajstić information content (AvgIpc) is 2.44. The summed E-state index contributed by atoms with van der Waals surface area (Å²) in [5.74, 6) is 0.444. The van der Waals surface area contributed by atoms with Crippen molar-refractivity contribution in [2.24, 2.45) is 5.92 Å². The molecule has 2 aliphatic rings. The minimum Gasteiger partial charge on any atom is -0.359 e. The molecule has 3 rings (SSSR count). The molecule has 0 bridgehead atoms. The Bertz CT molecular complexity index is 674. The van der Waals surface area contributed by atoms with Crippen LogP contribution >= 0.6 is 0 Å². The Morgan fingerprint density at radius 1 is 1.15 bits per heavy atom. The third-order valence-electron chi connectivity index (χ3n) is 4.02. The minimum absolute atomic E-state index is 0.444. The van der Waals surface area contributed by atoms with Crippen molar-refractivity contribution in [3.05, 3.63) is 71.7 Å². The van der Waals surface area contributed by atoms with Crippen molar-refractivity contribution in [2.45, 2.75) is 13.8 Å². The molecule has 0 aliphatic carbocycles. The Labute approximate surface area is 120 Å². The van der Waals surface area contributed by atoms with E-state index in [0.717, 1.165) is 16.8 Å². The number of fused-ring (bicyclic) bond motifs is 1. The quantitative estimate of drug-likeness (QED) is 0.823. The van der Waals surface area contributed by atoms with Gasteiger partial charge in [0.1, 0.15) is 0 Å². The van der Waals surface area contributed by atoms with Crippen molar-refractivity contribution in [2.75, 3.05) is 11.9 Å². The summed E-state index contributed by atoms with van der Waals surface area (Å²) in [6.45, 7) is 12.8. The maximum atomic E-state index is 4.28. The number of nitrogens with one attached hydrogen (secondary N) is 1. The minimum atomic E-state index is 0.444. The van der Waals surface area contributed by atoms with E-state index in [-0.39, 0.29) is 0 Å². The van der Waals surface area contributed by atoms with Gasteiger partial charge in [-0.1, -0.05) is 45.2 Å². The number of likely N-dealkylation sites (N-methyl/N-ethyl adjacent to an activating group) is 1. The molecule has 1 aromatic carbocycles. The van der Waals surface area contributed by atoms with Crippen molar-refractivity contribution in [3.8, 4) is 0 Å². The van der Waals surface area contributed by atoms with Gasteiger partial charge in [0.2, 0.25) is 0 Å². The molecular weight excluding hydrogens is 244 g/mol. The van der Waals surface area contributed by atoms with Gasteiger partial charge in [0.15, 0.2) is 0 Å². The van der Waals surface area contributed by atoms with Crippen LogP contribution < -0.4 is 10.2 Å². The number of hydrogen-bond donors (Lipinski definition) is 1. The number of nitrogens with zero attached hydrogens (tertiary/aromatic N) is 1. The molecule has 20 heavy (non-hydrogen) atoms. The topological polar surface area (TPSA) is 15.3 Å². The fraction of sp³-hybridized carbons (Fsp3) is 0.222. The maximum absolute atomic E-state index is 4.28. The standard InChI is InChI=1S/C18H20N2/c1-11(2)15-10-17-18(13(4)19-15)12(3)14-8-6-7-9-16(14)20(17)5/h6-11,19H,3-4H2,1-2,5H3. The molecule has 1 N–H and O–H groups in total. The molecular formula is C18H20N2. The molecule has 0 fully saturated rings. The first-order valence-electron chi connectivity index (χ1n) is 6.95. The van der Waals surface area contributed by atoms with Gasteiger partial charge in [-0.25, -0.2) is 0 Å². The van der Waals surface area contributed by atoms with E-state index in [4.69, 9.17) is 0 Å². The summed E-state index contributed by atoms with van der Waals surface area (Å²) in [7, 11) is 2.10. The summed E-state index contributed by atoms with van der Waals surface area (Å²) >= 11 is 0. The van der Waals surface area contributed by atoms with E-state index in [9.17, 15) is 0 Å². The predicted octanol–water partition coefficient (Wildman–Crippen LogP) is 4.06. The fourth-order valence-corrected chi connectivity index (χ4v) is 2.84. The monoisotopic (exact) mass is 264 g/mol. The van der Waals surface area contributed by atoms with Gasteiger partial charge in [0.05, 0.1) is 5.70 Å². The number of rotatable bonds is 1. The summed E-state index contributed by atoms with van der Waals surface area (Å²) in [6.07, 6.45) is 2.22. The van der Waals surface area contributed by atoms with Gasteiger partial charge in [-0.05, 0) is 23.6 Å². The highest BCUT2D eigenvalue weighted by atomic mass is 15.1. The van der Waals surface area contributed by atoms with Crippen molar-refractivity contribution in [3.63, 3.8) is 0 Å². The number of hydrogen-bond acceptors (Lipinski definition) is 2. The Morgan fingerprint density at radius 3 is 2.55 bits per heavy atom. The summed E-state index contributed by atoms with van der Waals surface area (Å²) in [4.78, 5) is 2.23. The van der Waals surface area contributed by atoms with E-state index in [1.165, 1.54) is 22.6 Å². The van der Waals surface area contributed by atoms with Crippen LogP contribution in [0.25, 0.3) is 5.57 Å². The second-order valence-corrected chi connectivity index (χ2v) is 5.67. The lowest BCUT2D eigenvalue weighted by molar-refractivity contribution is 0.694. The van der Waals surface area contributed by atoms with Crippen LogP contribution in [-0.2, 0) is 0 Å². The smallest absolute Gasteiger partial charge is 0.0526 e. The SMILES string of the molecule is C=C1NC(C(C)C)=CC2=C1C(=C)c1ccccc1N2C. The number of anilines is 1. The van der Waals surface area contributed by atoms with E-state index in [1.807, 2.05) is 0 Å². The normalized spacial score (nSPS) is 17.8. The van der Waals surface area contributed by atoms with Gasteiger partial charge in [-0.2, -0.15) is 0 Å². The zero-order chi connectivity index (χ0) is 14.4. The second kappa shape index (κ2) is 4.41. The first kappa shape index (κ1) is 12.8. The third-order valence-corrected chi connectivity index (χ3v) is 4.02. The van der Waals surface area contributed by atoms with Crippen molar-refractivity contribution >= 4 is 11.3 Å². The van der Waals surface area contributed by atoms with Gasteiger partial charge >= 0.3 is 0 Å². The van der Waals surface area contributed by atoms with Gasteiger partial charge < -0.3 is 10.2 Å². The van der Waals surface area contributed by atoms with Gasteiger partial charge in [-0.15, -0.1) is 0 Å². The molecule has 0 amide bonds. The van der Waals surface area contributed by atoms with Gasteiger partial charge in [0.25, 0.3) is 0 Å². The van der Waals surface area contributed by atoms with E-state index >= 15 is 0 Å². The number of benzene rings is 1. The summed E-state index contributed by atoms with van der Waals surface area (Å²) in [5.41, 5.74) is 7.87. The Morgan fingerprint density at radius 2 is 1.85 bits per heavy atom. The highest BCUT2D eigenvalue weighted by Crippen LogP contribution is 2.43. The zero-order valence-corrected chi connectivity index (χ0v) is 12.3. The van der Waals surface area contributed by atoms with Crippen LogP contribution in [-0.4, -0.2) is 7.05 Å². The largest absolute Gasteiger partial charge is 0.359 e. The Balaban J connectivity index is 2.21. The van der Waals surface area contributed by atoms with E-state index in [2.05, 4.69) is 74.6 Å². The third kappa shape index (κ3) is 1.72. The molecule has 2 heteroatoms. The maximum Gasteiger partial charge on any atom is 0.0526 e. The lowest BCUT2D eigenvalue weighted by Gasteiger charge is -2.37. The van der Waals surface area contributed by atoms with Crippen LogP contribution in [0.5, 0.6) is 0 Å². The van der Waals surface area contributed by atoms with E-state index in [1.54, 1.807) is 0 Å². The molecule has 0 atom stereocenters. The van der Waals surface area contributed by atoms with Crippen molar-refractivity contribution in [1.82, 2.24) is 5.32 Å². The number of para-hydroxylation sites is 1. The second-order valence-electron chi connectivity index (χ2n) is 5.67. The predicted molar refractivity (Wildman–Crippen MR) is 86.1 cm³/mol. The number of dihydropyridines is 1. The molecule has 2 aliphatic heterocycles. The first-order chi connectivity index (χ1) is 9.50. The molecule has 0 spiro atoms. The summed E-state index contributed by atoms with van der Waals surface area (Å²) in [6, 6.07) is 8.37. The molecule has 1 aromatic rings. The van der Waals surface area contributed by atoms with Crippen molar-refractivity contribution in [1.29, 1.82) is 0 Å². The highest BCUT2D eigenvalue weighted by Gasteiger charge is 2.29. The lowest BCUT2D eigenvalue weighted by Crippen LogP contribution is -2.31. The molecule has 0 saturated heterocycles.